The third-order valence-corrected chi connectivity index (χ3v) is 4.19. The third-order valence-electron chi connectivity index (χ3n) is 2.29. The lowest BCUT2D eigenvalue weighted by atomic mass is 10.1. The van der Waals surface area contributed by atoms with Gasteiger partial charge < -0.3 is 5.32 Å². The number of hydrogen-bond donors (Lipinski definition) is 2. The first kappa shape index (κ1) is 10.9. The second-order valence-corrected chi connectivity index (χ2v) is 6.00. The zero-order valence-corrected chi connectivity index (χ0v) is 9.02. The predicted octanol–water partition coefficient (Wildman–Crippen LogP) is 0.0662. The van der Waals surface area contributed by atoms with Gasteiger partial charge in [0.05, 0.1) is 5.25 Å². The second-order valence-electron chi connectivity index (χ2n) is 3.74. The molecule has 1 aliphatic heterocycles. The molecule has 0 amide bonds. The maximum atomic E-state index is 11.5. The fourth-order valence-corrected chi connectivity index (χ4v) is 2.28. The van der Waals surface area contributed by atoms with Crippen LogP contribution in [0.2, 0.25) is 0 Å². The van der Waals surface area contributed by atoms with Gasteiger partial charge in [-0.25, -0.2) is 13.1 Å². The maximum absolute atomic E-state index is 11.5. The molecule has 1 heterocycles. The average Bonchev–Trinajstić information content (AvgIpc) is 2.05. The van der Waals surface area contributed by atoms with E-state index >= 15 is 0 Å². The Balaban J connectivity index is 2.47. The highest BCUT2D eigenvalue weighted by Gasteiger charge is 2.22. The van der Waals surface area contributed by atoms with Crippen LogP contribution in [0.25, 0.3) is 0 Å². The minimum Gasteiger partial charge on any atom is -0.317 e. The summed E-state index contributed by atoms with van der Waals surface area (Å²) < 4.78 is 25.7. The molecule has 1 aliphatic rings. The first-order valence-corrected chi connectivity index (χ1v) is 6.29. The fourth-order valence-electron chi connectivity index (χ4n) is 1.31. The smallest absolute Gasteiger partial charge is 0.214 e. The molecular formula is C8H18N2O2S. The summed E-state index contributed by atoms with van der Waals surface area (Å²) in [6.45, 7) is 5.21. The van der Waals surface area contributed by atoms with Gasteiger partial charge in [0.1, 0.15) is 0 Å². The van der Waals surface area contributed by atoms with Crippen LogP contribution >= 0.6 is 0 Å². The summed E-state index contributed by atoms with van der Waals surface area (Å²) in [6.07, 6.45) is 1.79. The van der Waals surface area contributed by atoms with Crippen molar-refractivity contribution < 1.29 is 8.42 Å². The minimum atomic E-state index is -3.08. The summed E-state index contributed by atoms with van der Waals surface area (Å²) in [7, 11) is -3.08. The number of piperidine rings is 1. The maximum Gasteiger partial charge on any atom is 0.214 e. The highest BCUT2D eigenvalue weighted by molar-refractivity contribution is 7.90. The van der Waals surface area contributed by atoms with Crippen LogP contribution in [0.5, 0.6) is 0 Å². The number of hydrogen-bond acceptors (Lipinski definition) is 3. The molecule has 1 fully saturated rings. The highest BCUT2D eigenvalue weighted by Crippen LogP contribution is 2.06. The lowest BCUT2D eigenvalue weighted by molar-refractivity contribution is 0.425. The van der Waals surface area contributed by atoms with E-state index in [-0.39, 0.29) is 11.3 Å². The molecule has 5 heteroatoms. The molecule has 0 aromatic rings. The molecule has 4 nitrogen and oxygen atoms in total. The molecule has 0 aromatic carbocycles. The molecule has 0 unspecified atom stereocenters. The summed E-state index contributed by atoms with van der Waals surface area (Å²) >= 11 is 0. The number of nitrogens with one attached hydrogen (secondary N) is 2. The van der Waals surface area contributed by atoms with E-state index in [1.54, 1.807) is 13.8 Å². The quantitative estimate of drug-likeness (QED) is 0.687. The standard InChI is InChI=1S/C8H18N2O2S/c1-7(2)13(11,12)10-8-3-5-9-6-4-8/h7-10H,3-6H2,1-2H3. The van der Waals surface area contributed by atoms with Gasteiger partial charge in [0.15, 0.2) is 0 Å². The van der Waals surface area contributed by atoms with E-state index < -0.39 is 10.0 Å². The Morgan fingerprint density at radius 3 is 2.31 bits per heavy atom. The SMILES string of the molecule is CC(C)S(=O)(=O)NC1CCNCC1. The molecule has 1 saturated heterocycles. The third kappa shape index (κ3) is 3.25. The van der Waals surface area contributed by atoms with Crippen LogP contribution in [-0.2, 0) is 10.0 Å². The van der Waals surface area contributed by atoms with Crippen LogP contribution in [-0.4, -0.2) is 32.8 Å². The van der Waals surface area contributed by atoms with Gasteiger partial charge in [-0.05, 0) is 39.8 Å². The first-order valence-electron chi connectivity index (χ1n) is 4.74. The molecule has 13 heavy (non-hydrogen) atoms. The van der Waals surface area contributed by atoms with Crippen LogP contribution in [0.3, 0.4) is 0 Å². The average molecular weight is 206 g/mol. The Kier molecular flexibility index (Phi) is 3.70. The van der Waals surface area contributed by atoms with Gasteiger partial charge in [0.2, 0.25) is 10.0 Å². The first-order chi connectivity index (χ1) is 6.02. The Hall–Kier alpha value is -0.130. The van der Waals surface area contributed by atoms with Crippen molar-refractivity contribution in [3.8, 4) is 0 Å². The van der Waals surface area contributed by atoms with Crippen molar-refractivity contribution in [2.45, 2.75) is 38.0 Å². The zero-order valence-electron chi connectivity index (χ0n) is 8.21. The molecule has 0 atom stereocenters. The van der Waals surface area contributed by atoms with Gasteiger partial charge in [-0.2, -0.15) is 0 Å². The Morgan fingerprint density at radius 1 is 1.31 bits per heavy atom. The van der Waals surface area contributed by atoms with Crippen molar-refractivity contribution in [3.05, 3.63) is 0 Å². The number of rotatable bonds is 3. The van der Waals surface area contributed by atoms with E-state index in [1.807, 2.05) is 0 Å². The van der Waals surface area contributed by atoms with Crippen molar-refractivity contribution in [1.29, 1.82) is 0 Å². The van der Waals surface area contributed by atoms with Crippen molar-refractivity contribution >= 4 is 10.0 Å². The Labute approximate surface area is 80.1 Å². The van der Waals surface area contributed by atoms with Crippen molar-refractivity contribution in [2.75, 3.05) is 13.1 Å². The van der Waals surface area contributed by atoms with E-state index in [0.717, 1.165) is 25.9 Å². The normalized spacial score (nSPS) is 20.8. The molecule has 1 rings (SSSR count). The van der Waals surface area contributed by atoms with Gasteiger partial charge >= 0.3 is 0 Å². The van der Waals surface area contributed by atoms with E-state index in [0.29, 0.717) is 0 Å². The monoisotopic (exact) mass is 206 g/mol. The van der Waals surface area contributed by atoms with E-state index in [1.165, 1.54) is 0 Å². The van der Waals surface area contributed by atoms with Gasteiger partial charge in [-0.15, -0.1) is 0 Å². The molecule has 0 aliphatic carbocycles. The van der Waals surface area contributed by atoms with Crippen LogP contribution in [0.1, 0.15) is 26.7 Å². The molecule has 0 aromatic heterocycles. The zero-order chi connectivity index (χ0) is 9.90. The van der Waals surface area contributed by atoms with E-state index in [2.05, 4.69) is 10.0 Å². The lowest BCUT2D eigenvalue weighted by Gasteiger charge is -2.24. The fraction of sp³-hybridized carbons (Fsp3) is 1.00. The summed E-state index contributed by atoms with van der Waals surface area (Å²) in [4.78, 5) is 0. The summed E-state index contributed by atoms with van der Waals surface area (Å²) in [6, 6.07) is 0.133. The summed E-state index contributed by atoms with van der Waals surface area (Å²) in [5.74, 6) is 0. The molecular weight excluding hydrogens is 188 g/mol. The van der Waals surface area contributed by atoms with Gasteiger partial charge in [0.25, 0.3) is 0 Å². The van der Waals surface area contributed by atoms with Crippen LogP contribution < -0.4 is 10.0 Å². The van der Waals surface area contributed by atoms with Crippen molar-refractivity contribution in [1.82, 2.24) is 10.0 Å². The molecule has 0 radical (unpaired) electrons. The summed E-state index contributed by atoms with van der Waals surface area (Å²) in [5.41, 5.74) is 0. The van der Waals surface area contributed by atoms with Crippen molar-refractivity contribution in [2.24, 2.45) is 0 Å². The van der Waals surface area contributed by atoms with Crippen LogP contribution in [0, 0.1) is 0 Å². The molecule has 0 saturated carbocycles. The topological polar surface area (TPSA) is 58.2 Å². The molecule has 2 N–H and O–H groups in total. The summed E-state index contributed by atoms with van der Waals surface area (Å²) in [5, 5.41) is 2.86. The number of sulfonamides is 1. The Morgan fingerprint density at radius 2 is 1.85 bits per heavy atom. The predicted molar refractivity (Wildman–Crippen MR) is 53.1 cm³/mol. The Bertz CT molecular complexity index is 243. The molecule has 0 spiro atoms. The van der Waals surface area contributed by atoms with Gasteiger partial charge in [0, 0.05) is 6.04 Å². The van der Waals surface area contributed by atoms with Crippen molar-refractivity contribution in [3.63, 3.8) is 0 Å². The van der Waals surface area contributed by atoms with E-state index in [9.17, 15) is 8.42 Å². The second kappa shape index (κ2) is 4.39. The highest BCUT2D eigenvalue weighted by atomic mass is 32.2. The van der Waals surface area contributed by atoms with E-state index in [4.69, 9.17) is 0 Å². The van der Waals surface area contributed by atoms with Gasteiger partial charge in [-0.3, -0.25) is 0 Å². The largest absolute Gasteiger partial charge is 0.317 e. The lowest BCUT2D eigenvalue weighted by Crippen LogP contribution is -2.44. The minimum absolute atomic E-state index is 0.133. The van der Waals surface area contributed by atoms with Crippen LogP contribution in [0.15, 0.2) is 0 Å². The molecule has 0 bridgehead atoms. The molecule has 78 valence electrons. The van der Waals surface area contributed by atoms with Gasteiger partial charge in [-0.1, -0.05) is 0 Å². The van der Waals surface area contributed by atoms with Crippen LogP contribution in [0.4, 0.5) is 0 Å².